The Kier molecular flexibility index (Phi) is 7.39. The van der Waals surface area contributed by atoms with E-state index in [-0.39, 0.29) is 22.3 Å². The smallest absolute Gasteiger partial charge is 0.404 e. The quantitative estimate of drug-likeness (QED) is 0.331. The molecule has 0 fully saturated rings. The van der Waals surface area contributed by atoms with Crippen LogP contribution in [-0.4, -0.2) is 29.1 Å². The Bertz CT molecular complexity index is 1330. The van der Waals surface area contributed by atoms with E-state index in [9.17, 15) is 27.2 Å². The van der Waals surface area contributed by atoms with Crippen molar-refractivity contribution in [3.05, 3.63) is 95.9 Å². The molecule has 3 aromatic carbocycles. The highest BCUT2D eigenvalue weighted by atomic mass is 32.2. The molecule has 1 aliphatic rings. The number of para-hydroxylation sites is 3. The summed E-state index contributed by atoms with van der Waals surface area (Å²) in [7, 11) is 0. The molecule has 11 heteroatoms. The van der Waals surface area contributed by atoms with Gasteiger partial charge in [-0.15, -0.1) is 13.2 Å². The molecule has 6 nitrogen and oxygen atoms in total. The summed E-state index contributed by atoms with van der Waals surface area (Å²) >= 11 is 0.933. The Balaban J connectivity index is 1.53. The molecule has 1 heterocycles. The average molecular weight is 515 g/mol. The van der Waals surface area contributed by atoms with E-state index in [1.165, 1.54) is 53.4 Å². The molecule has 0 unspecified atom stereocenters. The number of aliphatic imine (C=N–C) groups is 1. The van der Waals surface area contributed by atoms with E-state index in [2.05, 4.69) is 15.0 Å². The number of carbonyl (C=O) groups excluding carboxylic acids is 2. The van der Waals surface area contributed by atoms with Crippen molar-refractivity contribution in [2.45, 2.75) is 6.36 Å². The van der Waals surface area contributed by atoms with Gasteiger partial charge in [-0.3, -0.25) is 14.5 Å². The summed E-state index contributed by atoms with van der Waals surface area (Å²) in [4.78, 5) is 31.4. The van der Waals surface area contributed by atoms with Crippen LogP contribution >= 0.6 is 11.8 Å². The zero-order valence-corrected chi connectivity index (χ0v) is 19.1. The zero-order valence-electron chi connectivity index (χ0n) is 18.3. The molecule has 0 spiro atoms. The third-order valence-electron chi connectivity index (χ3n) is 4.74. The molecule has 36 heavy (non-hydrogen) atoms. The molecule has 0 aromatic heterocycles. The Morgan fingerprint density at radius 1 is 1.00 bits per heavy atom. The number of carbonyl (C=O) groups is 2. The monoisotopic (exact) mass is 515 g/mol. The van der Waals surface area contributed by atoms with Crippen molar-refractivity contribution in [3.8, 4) is 5.75 Å². The number of alkyl halides is 3. The van der Waals surface area contributed by atoms with Crippen LogP contribution in [-0.2, 0) is 9.59 Å². The fourth-order valence-electron chi connectivity index (χ4n) is 3.21. The molecule has 0 saturated heterocycles. The zero-order chi connectivity index (χ0) is 25.7. The first-order chi connectivity index (χ1) is 17.2. The van der Waals surface area contributed by atoms with Crippen molar-refractivity contribution in [2.24, 2.45) is 4.99 Å². The summed E-state index contributed by atoms with van der Waals surface area (Å²) < 4.78 is 55.1. The molecule has 184 valence electrons. The van der Waals surface area contributed by atoms with Gasteiger partial charge in [0.2, 0.25) is 5.91 Å². The van der Waals surface area contributed by atoms with E-state index in [0.717, 1.165) is 17.8 Å². The van der Waals surface area contributed by atoms with Crippen molar-refractivity contribution in [1.29, 1.82) is 0 Å². The molecule has 1 aliphatic heterocycles. The van der Waals surface area contributed by atoms with Crippen LogP contribution in [0.5, 0.6) is 5.75 Å². The number of thioether (sulfide) groups is 1. The minimum Gasteiger partial charge on any atom is -0.404 e. The van der Waals surface area contributed by atoms with Crippen LogP contribution in [0, 0.1) is 5.82 Å². The molecule has 4 rings (SSSR count). The lowest BCUT2D eigenvalue weighted by Crippen LogP contribution is -2.31. The molecule has 0 radical (unpaired) electrons. The summed E-state index contributed by atoms with van der Waals surface area (Å²) in [5.74, 6) is -2.30. The van der Waals surface area contributed by atoms with E-state index >= 15 is 0 Å². The van der Waals surface area contributed by atoms with Crippen LogP contribution in [0.25, 0.3) is 6.08 Å². The third-order valence-corrected chi connectivity index (χ3v) is 5.68. The Labute approximate surface area is 207 Å². The van der Waals surface area contributed by atoms with Gasteiger partial charge in [-0.25, -0.2) is 9.38 Å². The highest BCUT2D eigenvalue weighted by Gasteiger charge is 2.33. The van der Waals surface area contributed by atoms with Crippen molar-refractivity contribution in [1.82, 2.24) is 0 Å². The second-order valence-corrected chi connectivity index (χ2v) is 8.27. The lowest BCUT2D eigenvalue weighted by Gasteiger charge is -2.18. The number of hydrogen-bond acceptors (Lipinski definition) is 5. The fraction of sp³-hybridized carbons (Fsp3) is 0.0800. The number of amides is 2. The second-order valence-electron chi connectivity index (χ2n) is 7.33. The number of benzene rings is 3. The minimum absolute atomic E-state index is 0.0808. The van der Waals surface area contributed by atoms with Gasteiger partial charge >= 0.3 is 6.36 Å². The Morgan fingerprint density at radius 3 is 2.36 bits per heavy atom. The van der Waals surface area contributed by atoms with Crippen LogP contribution in [0.15, 0.2) is 89.6 Å². The van der Waals surface area contributed by atoms with E-state index in [4.69, 9.17) is 0 Å². The summed E-state index contributed by atoms with van der Waals surface area (Å²) in [6.45, 7) is 0. The molecule has 2 amide bonds. The Morgan fingerprint density at radius 2 is 1.67 bits per heavy atom. The molecule has 0 saturated carbocycles. The van der Waals surface area contributed by atoms with Gasteiger partial charge in [-0.05, 0) is 48.0 Å². The number of hydrogen-bond donors (Lipinski definition) is 1. The van der Waals surface area contributed by atoms with E-state index in [1.807, 2.05) is 0 Å². The van der Waals surface area contributed by atoms with Gasteiger partial charge in [0, 0.05) is 0 Å². The molecule has 0 atom stereocenters. The van der Waals surface area contributed by atoms with Gasteiger partial charge < -0.3 is 10.1 Å². The van der Waals surface area contributed by atoms with Crippen molar-refractivity contribution < 1.29 is 31.9 Å². The highest BCUT2D eigenvalue weighted by Crippen LogP contribution is 2.31. The maximum Gasteiger partial charge on any atom is 0.573 e. The van der Waals surface area contributed by atoms with Gasteiger partial charge in [0.1, 0.15) is 11.5 Å². The first kappa shape index (κ1) is 25.0. The highest BCUT2D eigenvalue weighted by molar-refractivity contribution is 8.14. The first-order valence-electron chi connectivity index (χ1n) is 10.4. The standard InChI is InChI=1S/C25H17F4N3O3S/c26-17-12-10-16(11-13-17)14-20-23(34)32(18-6-2-1-3-7-18)24(31-20)36-15-22(33)30-19-8-4-5-9-21(19)35-25(27,28)29/h1-14H,15H2,(H,30,33). The topological polar surface area (TPSA) is 71.0 Å². The number of ether oxygens (including phenoxy) is 1. The minimum atomic E-state index is -4.92. The van der Waals surface area contributed by atoms with E-state index < -0.39 is 29.7 Å². The van der Waals surface area contributed by atoms with Gasteiger partial charge in [0.25, 0.3) is 5.91 Å². The number of rotatable bonds is 6. The third kappa shape index (κ3) is 6.30. The van der Waals surface area contributed by atoms with Gasteiger partial charge in [-0.2, -0.15) is 0 Å². The first-order valence-corrected chi connectivity index (χ1v) is 11.4. The van der Waals surface area contributed by atoms with Crippen LogP contribution in [0.1, 0.15) is 5.56 Å². The molecular formula is C25H17F4N3O3S. The number of nitrogens with one attached hydrogen (secondary N) is 1. The summed E-state index contributed by atoms with van der Waals surface area (Å²) in [5, 5.41) is 2.59. The van der Waals surface area contributed by atoms with E-state index in [1.54, 1.807) is 30.3 Å². The summed E-state index contributed by atoms with van der Waals surface area (Å²) in [6.07, 6.45) is -3.42. The van der Waals surface area contributed by atoms with Gasteiger partial charge in [0.05, 0.1) is 17.1 Å². The van der Waals surface area contributed by atoms with Crippen molar-refractivity contribution >= 4 is 46.2 Å². The maximum absolute atomic E-state index is 13.2. The summed E-state index contributed by atoms with van der Waals surface area (Å²) in [5.41, 5.74) is 1.00. The normalized spacial score (nSPS) is 14.7. The van der Waals surface area contributed by atoms with Crippen LogP contribution < -0.4 is 15.0 Å². The number of nitrogens with zero attached hydrogens (tertiary/aromatic N) is 2. The van der Waals surface area contributed by atoms with E-state index in [0.29, 0.717) is 11.3 Å². The molecular weight excluding hydrogens is 498 g/mol. The number of anilines is 2. The lowest BCUT2D eigenvalue weighted by atomic mass is 10.2. The molecule has 0 aliphatic carbocycles. The lowest BCUT2D eigenvalue weighted by molar-refractivity contribution is -0.274. The predicted octanol–water partition coefficient (Wildman–Crippen LogP) is 5.84. The van der Waals surface area contributed by atoms with Crippen LogP contribution in [0.3, 0.4) is 0 Å². The van der Waals surface area contributed by atoms with Crippen molar-refractivity contribution in [3.63, 3.8) is 0 Å². The Hall–Kier alpha value is -4.12. The van der Waals surface area contributed by atoms with Crippen LogP contribution in [0.2, 0.25) is 0 Å². The maximum atomic E-state index is 13.2. The molecule has 3 aromatic rings. The predicted molar refractivity (Wildman–Crippen MR) is 130 cm³/mol. The average Bonchev–Trinajstić information content (AvgIpc) is 3.15. The van der Waals surface area contributed by atoms with Crippen LogP contribution in [0.4, 0.5) is 28.9 Å². The van der Waals surface area contributed by atoms with Crippen molar-refractivity contribution in [2.75, 3.05) is 16.0 Å². The largest absolute Gasteiger partial charge is 0.573 e. The number of halogens is 4. The number of amidine groups is 1. The molecule has 1 N–H and O–H groups in total. The van der Waals surface area contributed by atoms with Gasteiger partial charge in [-0.1, -0.05) is 54.2 Å². The summed E-state index contributed by atoms with van der Waals surface area (Å²) in [6, 6.07) is 19.3. The SMILES string of the molecule is O=C(CSC1=NC(=Cc2ccc(F)cc2)C(=O)N1c1ccccc1)Nc1ccccc1OC(F)(F)F. The van der Waals surface area contributed by atoms with Gasteiger partial charge in [0.15, 0.2) is 10.9 Å². The molecule has 0 bridgehead atoms. The second kappa shape index (κ2) is 10.6. The fourth-order valence-corrected chi connectivity index (χ4v) is 4.03.